The summed E-state index contributed by atoms with van der Waals surface area (Å²) in [6.45, 7) is 18.9. The quantitative estimate of drug-likeness (QED) is 0.113. The Morgan fingerprint density at radius 1 is 0.606 bits per heavy atom. The highest BCUT2D eigenvalue weighted by Gasteiger charge is 2.25. The van der Waals surface area contributed by atoms with Gasteiger partial charge in [0.05, 0.1) is 40.3 Å². The van der Waals surface area contributed by atoms with Gasteiger partial charge in [-0.3, -0.25) is 13.7 Å². The van der Waals surface area contributed by atoms with E-state index in [4.69, 9.17) is 16.6 Å². The second-order valence-electron chi connectivity index (χ2n) is 20.2. The molecule has 0 atom stereocenters. The third kappa shape index (κ3) is 8.19. The number of aromatic nitrogens is 4. The number of nitrogens with zero attached hydrogens (tertiary/aromatic N) is 4. The fourth-order valence-electron chi connectivity index (χ4n) is 8.80. The van der Waals surface area contributed by atoms with E-state index in [9.17, 15) is 2.74 Å². The van der Waals surface area contributed by atoms with Gasteiger partial charge in [-0.15, -0.1) is 0 Å². The molecular weight excluding hydrogens is 805 g/mol. The predicted octanol–water partition coefficient (Wildman–Crippen LogP) is 15.5. The largest absolute Gasteiger partial charge is 0.458 e. The van der Waals surface area contributed by atoms with Gasteiger partial charge in [-0.2, -0.15) is 0 Å². The zero-order valence-electron chi connectivity index (χ0n) is 46.1. The molecule has 5 nitrogen and oxygen atoms in total. The summed E-state index contributed by atoms with van der Waals surface area (Å²) < 4.78 is 75.1. The normalized spacial score (nSPS) is 14.1. The minimum absolute atomic E-state index is 0.101. The molecule has 0 N–H and O–H groups in total. The first-order valence-electron chi connectivity index (χ1n) is 26.0. The first-order chi connectivity index (χ1) is 34.4. The lowest BCUT2D eigenvalue weighted by Crippen LogP contribution is -2.31. The summed E-state index contributed by atoms with van der Waals surface area (Å²) in [5.41, 5.74) is 8.89. The van der Waals surface area contributed by atoms with Crippen LogP contribution in [0.2, 0.25) is 0 Å². The Balaban J connectivity index is 1.14. The summed E-state index contributed by atoms with van der Waals surface area (Å²) in [7, 11) is 0. The lowest BCUT2D eigenvalue weighted by Gasteiger charge is -2.27. The number of para-hydroxylation sites is 4. The van der Waals surface area contributed by atoms with Crippen LogP contribution in [0.3, 0.4) is 0 Å². The van der Waals surface area contributed by atoms with Crippen molar-refractivity contribution < 1.29 is 18.9 Å². The topological polar surface area (TPSA) is 35.9 Å². The van der Waals surface area contributed by atoms with Crippen LogP contribution in [-0.4, -0.2) is 14.1 Å². The fraction of sp³-hybridized carbons (Fsp3) is 0.213. The van der Waals surface area contributed by atoms with E-state index in [1.54, 1.807) is 12.3 Å². The number of fused-ring (bicyclic) bond motifs is 4. The highest BCUT2D eigenvalue weighted by Crippen LogP contribution is 2.40. The average molecular weight is 870 g/mol. The Kier molecular flexibility index (Phi) is 8.68. The van der Waals surface area contributed by atoms with Crippen molar-refractivity contribution in [3.8, 4) is 50.9 Å². The second kappa shape index (κ2) is 16.3. The lowest BCUT2D eigenvalue weighted by molar-refractivity contribution is -0.571. The summed E-state index contributed by atoms with van der Waals surface area (Å²) in [4.78, 5) is 4.78. The molecule has 66 heavy (non-hydrogen) atoms. The van der Waals surface area contributed by atoms with E-state index in [0.717, 1.165) is 60.8 Å². The third-order valence-corrected chi connectivity index (χ3v) is 12.0. The Hall–Kier alpha value is -7.24. The summed E-state index contributed by atoms with van der Waals surface area (Å²) in [6.07, 6.45) is 3.74. The lowest BCUT2D eigenvalue weighted by atomic mass is 9.78. The van der Waals surface area contributed by atoms with Gasteiger partial charge in [0.15, 0.2) is 0 Å². The molecule has 328 valence electrons. The summed E-state index contributed by atoms with van der Waals surface area (Å²) in [6, 6.07) is 44.1. The number of rotatable bonds is 8. The molecule has 3 heterocycles. The minimum Gasteiger partial charge on any atom is -0.458 e. The van der Waals surface area contributed by atoms with Crippen LogP contribution < -0.4 is 9.30 Å². The molecule has 0 aliphatic heterocycles. The van der Waals surface area contributed by atoms with E-state index in [0.29, 0.717) is 34.1 Å². The summed E-state index contributed by atoms with van der Waals surface area (Å²) in [5.74, 6) is 1.77. The standard InChI is InChI=1S/C61H58N4O/c1-59(2,3)39-41-31-32-62-57(33-41)65-53-26-14-13-23-51(53)52-30-29-48(38-56(52)65)66-47-22-17-21-46(37-47)63-40-64(55-28-16-15-27-54(55)63)58-49(42-19-11-10-12-20-42)24-18-25-50(58)43-34-44(60(4,5)6)36-45(35-43)61(7,8)9/h10-38H,39H2,1-9H3/i10D,11D,12D,19D,20D,39D2. The van der Waals surface area contributed by atoms with Crippen LogP contribution in [0.1, 0.15) is 88.6 Å². The van der Waals surface area contributed by atoms with Gasteiger partial charge in [0, 0.05) is 25.8 Å². The van der Waals surface area contributed by atoms with Gasteiger partial charge in [-0.25, -0.2) is 4.98 Å². The van der Waals surface area contributed by atoms with Crippen LogP contribution in [0.25, 0.3) is 72.3 Å². The molecule has 0 saturated carbocycles. The Labute approximate surface area is 399 Å². The van der Waals surface area contributed by atoms with Crippen LogP contribution >= 0.6 is 0 Å². The van der Waals surface area contributed by atoms with E-state index >= 15 is 0 Å². The van der Waals surface area contributed by atoms with Gasteiger partial charge < -0.3 is 4.74 Å². The van der Waals surface area contributed by atoms with Crippen molar-refractivity contribution in [3.63, 3.8) is 0 Å². The van der Waals surface area contributed by atoms with Gasteiger partial charge in [-0.05, 0) is 110 Å². The molecule has 10 rings (SSSR count). The number of pyridine rings is 1. The van der Waals surface area contributed by atoms with Crippen LogP contribution in [0, 0.1) is 11.7 Å². The maximum atomic E-state index is 9.21. The van der Waals surface area contributed by atoms with Gasteiger partial charge in [0.25, 0.3) is 6.33 Å². The number of imidazole rings is 1. The fourth-order valence-corrected chi connectivity index (χ4v) is 8.80. The molecule has 0 unspecified atom stereocenters. The molecule has 0 fully saturated rings. The summed E-state index contributed by atoms with van der Waals surface area (Å²) >= 11 is 0. The smallest absolute Gasteiger partial charge is 0.269 e. The van der Waals surface area contributed by atoms with Crippen molar-refractivity contribution in [2.24, 2.45) is 5.41 Å². The molecule has 7 aromatic carbocycles. The van der Waals surface area contributed by atoms with Crippen molar-refractivity contribution in [2.75, 3.05) is 0 Å². The van der Waals surface area contributed by atoms with Crippen molar-refractivity contribution in [2.45, 2.75) is 79.5 Å². The molecule has 0 amide bonds. The Morgan fingerprint density at radius 2 is 1.26 bits per heavy atom. The Morgan fingerprint density at radius 3 is 1.98 bits per heavy atom. The second-order valence-corrected chi connectivity index (χ2v) is 20.2. The zero-order chi connectivity index (χ0) is 52.1. The molecular formula is C61H58N4O. The zero-order valence-corrected chi connectivity index (χ0v) is 39.1. The SMILES string of the molecule is [2H]c1c([2H])c([2H])c(-c2cccc(-c3cc(C(C)(C)C)cc(C(C)(C)C)c3)c2-[n+]2[c-]n(-c3cccc(Oc4ccc5c6ccccc6n(-c6cc(C([2H])([2H])C(C)(C)C)ccn6)c5c4)c3)c3ccccc32)c([2H])c1[2H]. The van der Waals surface area contributed by atoms with Crippen LogP contribution in [0.4, 0.5) is 0 Å². The molecule has 0 saturated heterocycles. The average Bonchev–Trinajstić information content (AvgIpc) is 3.90. The first kappa shape index (κ1) is 35.1. The van der Waals surface area contributed by atoms with Crippen LogP contribution in [-0.2, 0) is 17.2 Å². The number of hydrogen-bond acceptors (Lipinski definition) is 2. The number of ether oxygens (including phenoxy) is 1. The monoisotopic (exact) mass is 870 g/mol. The highest BCUT2D eigenvalue weighted by atomic mass is 16.5. The predicted molar refractivity (Wildman–Crippen MR) is 274 cm³/mol. The molecule has 10 aromatic rings. The van der Waals surface area contributed by atoms with Gasteiger partial charge in [0.2, 0.25) is 0 Å². The van der Waals surface area contributed by atoms with Gasteiger partial charge >= 0.3 is 0 Å². The molecule has 0 aliphatic carbocycles. The third-order valence-electron chi connectivity index (χ3n) is 12.0. The number of hydrogen-bond donors (Lipinski definition) is 0. The van der Waals surface area contributed by atoms with E-state index in [-0.39, 0.29) is 28.5 Å². The van der Waals surface area contributed by atoms with Crippen molar-refractivity contribution in [1.82, 2.24) is 14.1 Å². The van der Waals surface area contributed by atoms with Crippen molar-refractivity contribution in [1.29, 1.82) is 0 Å². The van der Waals surface area contributed by atoms with E-state index < -0.39 is 29.9 Å². The molecule has 0 radical (unpaired) electrons. The molecule has 3 aromatic heterocycles. The molecule has 0 spiro atoms. The van der Waals surface area contributed by atoms with Crippen LogP contribution in [0.15, 0.2) is 176 Å². The minimum atomic E-state index is -1.62. The van der Waals surface area contributed by atoms with Crippen molar-refractivity contribution in [3.05, 3.63) is 199 Å². The van der Waals surface area contributed by atoms with Gasteiger partial charge in [0.1, 0.15) is 17.3 Å². The molecule has 0 bridgehead atoms. The Bertz CT molecular complexity index is 3770. The van der Waals surface area contributed by atoms with Crippen LogP contribution in [0.5, 0.6) is 11.5 Å². The van der Waals surface area contributed by atoms with E-state index in [1.165, 1.54) is 0 Å². The number of benzene rings is 7. The first-order valence-corrected chi connectivity index (χ1v) is 22.5. The maximum absolute atomic E-state index is 9.21. The van der Waals surface area contributed by atoms with Crippen molar-refractivity contribution >= 4 is 32.8 Å². The highest BCUT2D eigenvalue weighted by molar-refractivity contribution is 6.09. The van der Waals surface area contributed by atoms with E-state index in [1.807, 2.05) is 139 Å². The maximum Gasteiger partial charge on any atom is 0.269 e. The molecule has 5 heteroatoms. The summed E-state index contributed by atoms with van der Waals surface area (Å²) in [5, 5.41) is 2.04. The molecule has 0 aliphatic rings. The van der Waals surface area contributed by atoms with Gasteiger partial charge in [-0.1, -0.05) is 177 Å². The van der Waals surface area contributed by atoms with E-state index in [2.05, 4.69) is 76.7 Å².